The number of rotatable bonds is 8. The summed E-state index contributed by atoms with van der Waals surface area (Å²) in [6.45, 7) is 1.95. The fourth-order valence-corrected chi connectivity index (χ4v) is 1.62. The zero-order valence-electron chi connectivity index (χ0n) is 10.4. The van der Waals surface area contributed by atoms with Crippen LogP contribution in [0, 0.1) is 0 Å². The van der Waals surface area contributed by atoms with E-state index in [0.29, 0.717) is 6.42 Å². The van der Waals surface area contributed by atoms with Crippen LogP contribution in [0.15, 0.2) is 30.3 Å². The van der Waals surface area contributed by atoms with Crippen molar-refractivity contribution in [1.82, 2.24) is 5.32 Å². The average molecular weight is 235 g/mol. The standard InChI is InChI=1S/C14H21NO2/c1-17-14(16)9-5-6-11-15-12-10-13-7-3-2-4-8-13/h2-4,7-8,15H,5-6,9-12H2,1H3. The molecule has 17 heavy (non-hydrogen) atoms. The summed E-state index contributed by atoms with van der Waals surface area (Å²) in [5, 5.41) is 3.37. The summed E-state index contributed by atoms with van der Waals surface area (Å²) in [6, 6.07) is 10.4. The minimum atomic E-state index is -0.116. The van der Waals surface area contributed by atoms with E-state index in [9.17, 15) is 4.79 Å². The van der Waals surface area contributed by atoms with Crippen LogP contribution in [0.4, 0.5) is 0 Å². The Morgan fingerprint density at radius 3 is 2.65 bits per heavy atom. The molecule has 0 aliphatic carbocycles. The van der Waals surface area contributed by atoms with Gasteiger partial charge in [0.15, 0.2) is 0 Å². The first-order valence-corrected chi connectivity index (χ1v) is 6.14. The fraction of sp³-hybridized carbons (Fsp3) is 0.500. The summed E-state index contributed by atoms with van der Waals surface area (Å²) in [7, 11) is 1.43. The molecule has 94 valence electrons. The maximum atomic E-state index is 10.8. The number of hydrogen-bond acceptors (Lipinski definition) is 3. The van der Waals surface area contributed by atoms with Crippen LogP contribution in [0.5, 0.6) is 0 Å². The van der Waals surface area contributed by atoms with Gasteiger partial charge < -0.3 is 10.1 Å². The summed E-state index contributed by atoms with van der Waals surface area (Å²) in [6.07, 6.45) is 3.49. The molecule has 0 radical (unpaired) electrons. The Morgan fingerprint density at radius 1 is 1.18 bits per heavy atom. The molecule has 0 spiro atoms. The maximum absolute atomic E-state index is 10.8. The first-order valence-electron chi connectivity index (χ1n) is 6.14. The van der Waals surface area contributed by atoms with E-state index in [2.05, 4.69) is 34.3 Å². The molecule has 0 aromatic heterocycles. The lowest BCUT2D eigenvalue weighted by molar-refractivity contribution is -0.140. The number of esters is 1. The van der Waals surface area contributed by atoms with Crippen molar-refractivity contribution < 1.29 is 9.53 Å². The molecule has 0 amide bonds. The van der Waals surface area contributed by atoms with Crippen molar-refractivity contribution in [3.63, 3.8) is 0 Å². The molecule has 0 aliphatic heterocycles. The third-order valence-electron chi connectivity index (χ3n) is 2.65. The molecule has 3 nitrogen and oxygen atoms in total. The Labute approximate surface area is 103 Å². The van der Waals surface area contributed by atoms with Gasteiger partial charge in [-0.15, -0.1) is 0 Å². The van der Waals surface area contributed by atoms with Gasteiger partial charge in [0.1, 0.15) is 0 Å². The van der Waals surface area contributed by atoms with Gasteiger partial charge >= 0.3 is 5.97 Å². The minimum Gasteiger partial charge on any atom is -0.469 e. The van der Waals surface area contributed by atoms with E-state index in [-0.39, 0.29) is 5.97 Å². The largest absolute Gasteiger partial charge is 0.469 e. The smallest absolute Gasteiger partial charge is 0.305 e. The number of benzene rings is 1. The van der Waals surface area contributed by atoms with Crippen molar-refractivity contribution in [2.45, 2.75) is 25.7 Å². The van der Waals surface area contributed by atoms with Crippen LogP contribution < -0.4 is 5.32 Å². The fourth-order valence-electron chi connectivity index (χ4n) is 1.62. The van der Waals surface area contributed by atoms with E-state index >= 15 is 0 Å². The van der Waals surface area contributed by atoms with Crippen LogP contribution in [0.2, 0.25) is 0 Å². The number of unbranched alkanes of at least 4 members (excludes halogenated alkanes) is 1. The number of carbonyl (C=O) groups excluding carboxylic acids is 1. The van der Waals surface area contributed by atoms with E-state index in [1.54, 1.807) is 0 Å². The summed E-state index contributed by atoms with van der Waals surface area (Å²) < 4.78 is 4.58. The number of ether oxygens (including phenoxy) is 1. The first-order chi connectivity index (χ1) is 8.33. The first kappa shape index (κ1) is 13.7. The molecule has 1 N–H and O–H groups in total. The van der Waals surface area contributed by atoms with E-state index in [4.69, 9.17) is 0 Å². The number of hydrogen-bond donors (Lipinski definition) is 1. The Kier molecular flexibility index (Phi) is 7.07. The lowest BCUT2D eigenvalue weighted by Crippen LogP contribution is -2.18. The van der Waals surface area contributed by atoms with Gasteiger partial charge in [-0.2, -0.15) is 0 Å². The van der Waals surface area contributed by atoms with Crippen molar-refractivity contribution >= 4 is 5.97 Å². The lowest BCUT2D eigenvalue weighted by atomic mass is 10.1. The molecule has 0 saturated carbocycles. The highest BCUT2D eigenvalue weighted by Crippen LogP contribution is 1.99. The maximum Gasteiger partial charge on any atom is 0.305 e. The van der Waals surface area contributed by atoms with Crippen molar-refractivity contribution in [2.24, 2.45) is 0 Å². The quantitative estimate of drug-likeness (QED) is 0.554. The molecule has 0 fully saturated rings. The highest BCUT2D eigenvalue weighted by Gasteiger charge is 1.98. The monoisotopic (exact) mass is 235 g/mol. The van der Waals surface area contributed by atoms with Gasteiger partial charge in [-0.25, -0.2) is 0 Å². The number of nitrogens with one attached hydrogen (secondary N) is 1. The second-order valence-corrected chi connectivity index (χ2v) is 4.02. The van der Waals surface area contributed by atoms with E-state index < -0.39 is 0 Å². The van der Waals surface area contributed by atoms with Gasteiger partial charge in [0.05, 0.1) is 7.11 Å². The average Bonchev–Trinajstić information content (AvgIpc) is 2.38. The third-order valence-corrected chi connectivity index (χ3v) is 2.65. The molecule has 0 bridgehead atoms. The predicted octanol–water partition coefficient (Wildman–Crippen LogP) is 2.16. The molecule has 0 heterocycles. The van der Waals surface area contributed by atoms with Gasteiger partial charge in [0, 0.05) is 6.42 Å². The molecule has 3 heteroatoms. The highest BCUT2D eigenvalue weighted by molar-refractivity contribution is 5.68. The van der Waals surface area contributed by atoms with Crippen LogP contribution in [-0.4, -0.2) is 26.2 Å². The molecule has 1 aromatic carbocycles. The van der Waals surface area contributed by atoms with Gasteiger partial charge in [-0.1, -0.05) is 30.3 Å². The van der Waals surface area contributed by atoms with E-state index in [0.717, 1.165) is 32.4 Å². The molecule has 0 saturated heterocycles. The van der Waals surface area contributed by atoms with Crippen LogP contribution in [0.3, 0.4) is 0 Å². The Morgan fingerprint density at radius 2 is 1.94 bits per heavy atom. The van der Waals surface area contributed by atoms with Crippen molar-refractivity contribution in [1.29, 1.82) is 0 Å². The van der Waals surface area contributed by atoms with Crippen LogP contribution in [0.1, 0.15) is 24.8 Å². The van der Waals surface area contributed by atoms with Gasteiger partial charge in [-0.3, -0.25) is 4.79 Å². The zero-order chi connectivity index (χ0) is 12.3. The molecule has 0 atom stereocenters. The summed E-state index contributed by atoms with van der Waals surface area (Å²) in [4.78, 5) is 10.8. The molecular formula is C14H21NO2. The van der Waals surface area contributed by atoms with Gasteiger partial charge in [0.25, 0.3) is 0 Å². The molecule has 1 rings (SSSR count). The number of methoxy groups -OCH3 is 1. The molecule has 0 unspecified atom stereocenters. The minimum absolute atomic E-state index is 0.116. The van der Waals surface area contributed by atoms with Crippen LogP contribution in [0.25, 0.3) is 0 Å². The second-order valence-electron chi connectivity index (χ2n) is 4.02. The van der Waals surface area contributed by atoms with Gasteiger partial charge in [0.2, 0.25) is 0 Å². The van der Waals surface area contributed by atoms with Crippen LogP contribution in [-0.2, 0) is 16.0 Å². The van der Waals surface area contributed by atoms with Crippen molar-refractivity contribution in [3.05, 3.63) is 35.9 Å². The molecular weight excluding hydrogens is 214 g/mol. The van der Waals surface area contributed by atoms with Crippen LogP contribution >= 0.6 is 0 Å². The molecule has 0 aliphatic rings. The third kappa shape index (κ3) is 6.74. The highest BCUT2D eigenvalue weighted by atomic mass is 16.5. The SMILES string of the molecule is COC(=O)CCCCNCCc1ccccc1. The zero-order valence-corrected chi connectivity index (χ0v) is 10.4. The molecule has 1 aromatic rings. The van der Waals surface area contributed by atoms with Crippen molar-refractivity contribution in [3.8, 4) is 0 Å². The Balaban J connectivity index is 1.93. The lowest BCUT2D eigenvalue weighted by Gasteiger charge is -2.04. The predicted molar refractivity (Wildman–Crippen MR) is 68.9 cm³/mol. The Bertz CT molecular complexity index is 311. The second kappa shape index (κ2) is 8.76. The van der Waals surface area contributed by atoms with E-state index in [1.807, 2.05) is 6.07 Å². The van der Waals surface area contributed by atoms with E-state index in [1.165, 1.54) is 12.7 Å². The number of carbonyl (C=O) groups is 1. The van der Waals surface area contributed by atoms with Crippen molar-refractivity contribution in [2.75, 3.05) is 20.2 Å². The Hall–Kier alpha value is -1.35. The summed E-state index contributed by atoms with van der Waals surface area (Å²) in [5.74, 6) is -0.116. The summed E-state index contributed by atoms with van der Waals surface area (Å²) >= 11 is 0. The topological polar surface area (TPSA) is 38.3 Å². The van der Waals surface area contributed by atoms with Gasteiger partial charge in [-0.05, 0) is 37.9 Å². The summed E-state index contributed by atoms with van der Waals surface area (Å²) in [5.41, 5.74) is 1.36. The normalized spacial score (nSPS) is 10.2.